The molecular weight excluding hydrogens is 370 g/mol. The van der Waals surface area contributed by atoms with Gasteiger partial charge in [-0.3, -0.25) is 4.79 Å². The van der Waals surface area contributed by atoms with Crippen LogP contribution in [-0.4, -0.2) is 75.5 Å². The lowest BCUT2D eigenvalue weighted by Crippen LogP contribution is -2.43. The van der Waals surface area contributed by atoms with Gasteiger partial charge < -0.3 is 19.8 Å². The lowest BCUT2D eigenvalue weighted by molar-refractivity contribution is -0.170. The minimum Gasteiger partial charge on any atom is -0.478 e. The van der Waals surface area contributed by atoms with Gasteiger partial charge in [0.25, 0.3) is 0 Å². The fraction of sp³-hybridized carbons (Fsp3) is 0.529. The summed E-state index contributed by atoms with van der Waals surface area (Å²) in [5.41, 5.74) is -0.571. The second kappa shape index (κ2) is 9.54. The molecule has 1 aromatic rings. The molecule has 0 aliphatic carbocycles. The van der Waals surface area contributed by atoms with Gasteiger partial charge in [-0.1, -0.05) is 0 Å². The Bertz CT molecular complexity index is 665. The minimum atomic E-state index is -5.25. The van der Waals surface area contributed by atoms with Crippen molar-refractivity contribution in [3.05, 3.63) is 23.8 Å². The highest BCUT2D eigenvalue weighted by molar-refractivity contribution is 6.04. The van der Waals surface area contributed by atoms with Crippen LogP contribution in [0.25, 0.3) is 0 Å². The minimum absolute atomic E-state index is 0.126. The number of hydrogen-bond acceptors (Lipinski definition) is 4. The van der Waals surface area contributed by atoms with Gasteiger partial charge in [-0.25, -0.2) is 9.18 Å². The number of rotatable bonds is 9. The molecule has 1 N–H and O–H groups in total. The molecule has 0 aliphatic heterocycles. The number of carboxylic acids is 1. The Morgan fingerprint density at radius 3 is 2.19 bits per heavy atom. The van der Waals surface area contributed by atoms with E-state index in [1.54, 1.807) is 11.9 Å². The summed E-state index contributed by atoms with van der Waals surface area (Å²) in [5, 5.41) is 9.27. The number of benzene rings is 1. The van der Waals surface area contributed by atoms with Gasteiger partial charge in [0.05, 0.1) is 17.8 Å². The van der Waals surface area contributed by atoms with Crippen LogP contribution in [0.3, 0.4) is 0 Å². The van der Waals surface area contributed by atoms with Crippen molar-refractivity contribution in [1.29, 1.82) is 0 Å². The van der Waals surface area contributed by atoms with Crippen LogP contribution in [0.2, 0.25) is 0 Å². The number of hydrogen-bond donors (Lipinski definition) is 1. The zero-order valence-corrected chi connectivity index (χ0v) is 15.4. The van der Waals surface area contributed by atoms with Gasteiger partial charge in [-0.05, 0) is 45.3 Å². The zero-order chi connectivity index (χ0) is 20.8. The van der Waals surface area contributed by atoms with Crippen LogP contribution in [-0.2, 0) is 4.79 Å². The Labute approximate surface area is 155 Å². The highest BCUT2D eigenvalue weighted by Crippen LogP contribution is 2.30. The number of aromatic carboxylic acids is 1. The number of nitrogens with zero attached hydrogens (tertiary/aromatic N) is 3. The molecule has 0 spiro atoms. The molecule has 0 unspecified atom stereocenters. The number of alkyl halides is 4. The lowest BCUT2D eigenvalue weighted by Gasteiger charge is -2.27. The fourth-order valence-corrected chi connectivity index (χ4v) is 2.48. The third kappa shape index (κ3) is 6.38. The van der Waals surface area contributed by atoms with Gasteiger partial charge in [0.15, 0.2) is 0 Å². The molecule has 27 heavy (non-hydrogen) atoms. The highest BCUT2D eigenvalue weighted by atomic mass is 19.4. The van der Waals surface area contributed by atoms with Gasteiger partial charge in [0, 0.05) is 19.3 Å². The average molecular weight is 393 g/mol. The van der Waals surface area contributed by atoms with Crippen LogP contribution in [0.4, 0.5) is 28.9 Å². The van der Waals surface area contributed by atoms with Crippen molar-refractivity contribution in [3.8, 4) is 0 Å². The maximum atomic E-state index is 12.9. The van der Waals surface area contributed by atoms with Crippen molar-refractivity contribution in [3.63, 3.8) is 0 Å². The number of carbonyl (C=O) groups excluding carboxylic acids is 1. The van der Waals surface area contributed by atoms with Crippen LogP contribution in [0.1, 0.15) is 16.8 Å². The summed E-state index contributed by atoms with van der Waals surface area (Å²) in [6.07, 6.45) is -4.49. The summed E-state index contributed by atoms with van der Waals surface area (Å²) in [6, 6.07) is 3.72. The first-order valence-electron chi connectivity index (χ1n) is 8.17. The first-order valence-corrected chi connectivity index (χ1v) is 8.17. The Hall–Kier alpha value is -2.36. The average Bonchev–Trinajstić information content (AvgIpc) is 2.57. The van der Waals surface area contributed by atoms with Crippen LogP contribution in [0.5, 0.6) is 0 Å². The monoisotopic (exact) mass is 393 g/mol. The Balaban J connectivity index is 3.27. The lowest BCUT2D eigenvalue weighted by atomic mass is 10.1. The number of carboxylic acid groups (broad SMARTS) is 1. The quantitative estimate of drug-likeness (QED) is 0.654. The second-order valence-corrected chi connectivity index (χ2v) is 6.23. The standard InChI is InChI=1S/C17H23F4N3O3/c1-22(2)8-4-9-23(3)12-5-6-13(15(25)26)14(11-12)24(10-7-18)16(27)17(19,20)21/h5-6,11H,4,7-10H2,1-3H3,(H,25,26). The summed E-state index contributed by atoms with van der Waals surface area (Å²) in [6.45, 7) is -0.804. The molecule has 10 heteroatoms. The zero-order valence-electron chi connectivity index (χ0n) is 15.4. The SMILES string of the molecule is CN(C)CCCN(C)c1ccc(C(=O)O)c(N(CCF)C(=O)C(F)(F)F)c1. The van der Waals surface area contributed by atoms with Crippen LogP contribution < -0.4 is 9.80 Å². The van der Waals surface area contributed by atoms with E-state index in [9.17, 15) is 32.3 Å². The smallest absolute Gasteiger partial charge is 0.471 e. The molecule has 0 aliphatic rings. The Morgan fingerprint density at radius 1 is 1.07 bits per heavy atom. The van der Waals surface area contributed by atoms with Crippen LogP contribution in [0.15, 0.2) is 18.2 Å². The molecule has 0 radical (unpaired) electrons. The van der Waals surface area contributed by atoms with E-state index < -0.39 is 42.5 Å². The molecule has 0 aromatic heterocycles. The van der Waals surface area contributed by atoms with Crippen molar-refractivity contribution in [2.45, 2.75) is 12.6 Å². The maximum absolute atomic E-state index is 12.9. The highest BCUT2D eigenvalue weighted by Gasteiger charge is 2.43. The molecule has 152 valence electrons. The fourth-order valence-electron chi connectivity index (χ4n) is 2.48. The van der Waals surface area contributed by atoms with Gasteiger partial charge in [-0.15, -0.1) is 0 Å². The molecule has 0 saturated carbocycles. The predicted octanol–water partition coefficient (Wildman–Crippen LogP) is 2.64. The molecule has 1 rings (SSSR count). The van der Waals surface area contributed by atoms with Crippen molar-refractivity contribution >= 4 is 23.3 Å². The van der Waals surface area contributed by atoms with Crippen molar-refractivity contribution in [2.24, 2.45) is 0 Å². The van der Waals surface area contributed by atoms with E-state index in [0.29, 0.717) is 12.2 Å². The van der Waals surface area contributed by atoms with Gasteiger partial charge >= 0.3 is 18.1 Å². The van der Waals surface area contributed by atoms with Gasteiger partial charge in [0.2, 0.25) is 0 Å². The van der Waals surface area contributed by atoms with E-state index in [1.165, 1.54) is 12.1 Å². The third-order valence-corrected chi connectivity index (χ3v) is 3.84. The molecule has 0 heterocycles. The Morgan fingerprint density at radius 2 is 1.70 bits per heavy atom. The van der Waals surface area contributed by atoms with E-state index in [2.05, 4.69) is 0 Å². The van der Waals surface area contributed by atoms with E-state index in [4.69, 9.17) is 0 Å². The van der Waals surface area contributed by atoms with Crippen molar-refractivity contribution in [1.82, 2.24) is 4.90 Å². The van der Waals surface area contributed by atoms with Crippen LogP contribution in [0, 0.1) is 0 Å². The van der Waals surface area contributed by atoms with E-state index >= 15 is 0 Å². The molecule has 0 atom stereocenters. The molecule has 0 bridgehead atoms. The molecule has 0 fully saturated rings. The number of anilines is 2. The second-order valence-electron chi connectivity index (χ2n) is 6.23. The summed E-state index contributed by atoms with van der Waals surface area (Å²) < 4.78 is 51.4. The van der Waals surface area contributed by atoms with Crippen molar-refractivity contribution < 1.29 is 32.3 Å². The predicted molar refractivity (Wildman–Crippen MR) is 94.2 cm³/mol. The normalized spacial score (nSPS) is 11.6. The third-order valence-electron chi connectivity index (χ3n) is 3.84. The summed E-state index contributed by atoms with van der Waals surface area (Å²) in [4.78, 5) is 26.9. The van der Waals surface area contributed by atoms with E-state index in [1.807, 2.05) is 19.0 Å². The summed E-state index contributed by atoms with van der Waals surface area (Å²) in [7, 11) is 5.50. The van der Waals surface area contributed by atoms with Gasteiger partial charge in [0.1, 0.15) is 6.67 Å². The topological polar surface area (TPSA) is 64.1 Å². The van der Waals surface area contributed by atoms with Gasteiger partial charge in [-0.2, -0.15) is 13.2 Å². The number of carbonyl (C=O) groups is 2. The molecule has 6 nitrogen and oxygen atoms in total. The molecule has 1 aromatic carbocycles. The molecule has 0 saturated heterocycles. The first kappa shape index (κ1) is 22.7. The molecule has 1 amide bonds. The Kier molecular flexibility index (Phi) is 8.01. The number of amides is 1. The van der Waals surface area contributed by atoms with Crippen molar-refractivity contribution in [2.75, 3.05) is 57.3 Å². The number of halogens is 4. The van der Waals surface area contributed by atoms with E-state index in [-0.39, 0.29) is 4.90 Å². The largest absolute Gasteiger partial charge is 0.478 e. The first-order chi connectivity index (χ1) is 12.5. The maximum Gasteiger partial charge on any atom is 0.471 e. The van der Waals surface area contributed by atoms with E-state index in [0.717, 1.165) is 19.0 Å². The van der Waals surface area contributed by atoms with Crippen LogP contribution >= 0.6 is 0 Å². The summed E-state index contributed by atoms with van der Waals surface area (Å²) in [5.74, 6) is -3.82. The molecular formula is C17H23F4N3O3. The summed E-state index contributed by atoms with van der Waals surface area (Å²) >= 11 is 0.